The van der Waals surface area contributed by atoms with Crippen LogP contribution in [-0.2, 0) is 0 Å². The Bertz CT molecular complexity index is 820. The van der Waals surface area contributed by atoms with Gasteiger partial charge in [0.2, 0.25) is 0 Å². The van der Waals surface area contributed by atoms with Crippen molar-refractivity contribution in [1.29, 1.82) is 0 Å². The van der Waals surface area contributed by atoms with E-state index in [1.54, 1.807) is 6.20 Å². The Kier molecular flexibility index (Phi) is 4.94. The Hall–Kier alpha value is -1.95. The molecule has 4 heterocycles. The van der Waals surface area contributed by atoms with Gasteiger partial charge < -0.3 is 14.9 Å². The van der Waals surface area contributed by atoms with Gasteiger partial charge in [-0.15, -0.1) is 0 Å². The summed E-state index contributed by atoms with van der Waals surface area (Å²) in [5, 5.41) is 21.1. The van der Waals surface area contributed by atoms with Crippen LogP contribution < -0.4 is 4.74 Å². The van der Waals surface area contributed by atoms with Crippen LogP contribution >= 0.6 is 0 Å². The third-order valence-electron chi connectivity index (χ3n) is 5.83. The number of hydrogen-bond acceptors (Lipinski definition) is 5. The maximum absolute atomic E-state index is 11.2. The van der Waals surface area contributed by atoms with E-state index in [4.69, 9.17) is 9.84 Å². The monoisotopic (exact) mass is 354 g/mol. The lowest BCUT2D eigenvalue weighted by atomic mass is 9.76. The molecule has 0 aliphatic carbocycles. The summed E-state index contributed by atoms with van der Waals surface area (Å²) in [6, 6.07) is 7.74. The minimum absolute atomic E-state index is 0.0216. The number of allylic oxidation sites excluding steroid dienone is 1. The van der Waals surface area contributed by atoms with Gasteiger partial charge in [0.05, 0.1) is 18.2 Å². The second kappa shape index (κ2) is 7.35. The second-order valence-corrected chi connectivity index (χ2v) is 7.22. The minimum Gasteiger partial charge on any atom is -0.491 e. The van der Waals surface area contributed by atoms with Crippen LogP contribution in [-0.4, -0.2) is 52.4 Å². The van der Waals surface area contributed by atoms with Crippen molar-refractivity contribution in [1.82, 2.24) is 9.88 Å². The standard InChI is InChI=1S/C21H26N2O3/c1-2-14-13-23-8-6-15(14)11-20(23)21(25)17-5-7-22-19-4-3-16(12-18(17)19)26-10-9-24/h2-5,7,12,15,20-21,24-25H,6,8-11,13H2,1H3/b14-2-/t15-,20-,21-/m1/s1. The molecule has 2 bridgehead atoms. The minimum atomic E-state index is -0.546. The highest BCUT2D eigenvalue weighted by molar-refractivity contribution is 5.84. The van der Waals surface area contributed by atoms with Crippen LogP contribution in [0.15, 0.2) is 42.1 Å². The predicted molar refractivity (Wildman–Crippen MR) is 101 cm³/mol. The van der Waals surface area contributed by atoms with Crippen LogP contribution in [0.2, 0.25) is 0 Å². The molecular formula is C21H26N2O3. The van der Waals surface area contributed by atoms with Crippen molar-refractivity contribution < 1.29 is 14.9 Å². The molecular weight excluding hydrogens is 328 g/mol. The average Bonchev–Trinajstić information content (AvgIpc) is 2.71. The Morgan fingerprint density at radius 3 is 3.00 bits per heavy atom. The molecule has 2 aromatic rings. The third-order valence-corrected chi connectivity index (χ3v) is 5.83. The van der Waals surface area contributed by atoms with E-state index in [0.29, 0.717) is 11.7 Å². The van der Waals surface area contributed by atoms with E-state index in [2.05, 4.69) is 22.9 Å². The molecule has 5 nitrogen and oxygen atoms in total. The first-order valence-electron chi connectivity index (χ1n) is 9.40. The van der Waals surface area contributed by atoms with E-state index in [9.17, 15) is 5.11 Å². The SMILES string of the molecule is C/C=C1/CN2CC[C@@H]1C[C@@H]2[C@H](O)c1ccnc2ccc(OCCO)cc12. The molecule has 3 aliphatic heterocycles. The number of pyridine rings is 1. The van der Waals surface area contributed by atoms with Gasteiger partial charge >= 0.3 is 0 Å². The van der Waals surface area contributed by atoms with Gasteiger partial charge in [-0.25, -0.2) is 0 Å². The van der Waals surface area contributed by atoms with E-state index >= 15 is 0 Å². The maximum Gasteiger partial charge on any atom is 0.120 e. The Morgan fingerprint density at radius 2 is 2.27 bits per heavy atom. The van der Waals surface area contributed by atoms with Crippen LogP contribution in [0.4, 0.5) is 0 Å². The lowest BCUT2D eigenvalue weighted by Crippen LogP contribution is -2.52. The van der Waals surface area contributed by atoms with Crippen molar-refractivity contribution in [3.63, 3.8) is 0 Å². The molecule has 26 heavy (non-hydrogen) atoms. The number of aliphatic hydroxyl groups excluding tert-OH is 2. The number of rotatable bonds is 5. The first kappa shape index (κ1) is 17.5. The van der Waals surface area contributed by atoms with Crippen LogP contribution in [0.5, 0.6) is 5.75 Å². The highest BCUT2D eigenvalue weighted by Gasteiger charge is 2.40. The fraction of sp³-hybridized carbons (Fsp3) is 0.476. The first-order chi connectivity index (χ1) is 12.7. The Labute approximate surface area is 153 Å². The summed E-state index contributed by atoms with van der Waals surface area (Å²) < 4.78 is 5.54. The summed E-state index contributed by atoms with van der Waals surface area (Å²) in [7, 11) is 0. The molecule has 138 valence electrons. The fourth-order valence-corrected chi connectivity index (χ4v) is 4.46. The van der Waals surface area contributed by atoms with Crippen molar-refractivity contribution in [2.24, 2.45) is 5.92 Å². The number of piperidine rings is 3. The molecule has 1 unspecified atom stereocenters. The van der Waals surface area contributed by atoms with E-state index in [-0.39, 0.29) is 19.3 Å². The summed E-state index contributed by atoms with van der Waals surface area (Å²) in [6.07, 6.45) is 5.66. The van der Waals surface area contributed by atoms with Crippen molar-refractivity contribution in [3.05, 3.63) is 47.7 Å². The molecule has 1 aromatic heterocycles. The number of aliphatic hydroxyl groups is 2. The highest BCUT2D eigenvalue weighted by atomic mass is 16.5. The maximum atomic E-state index is 11.2. The van der Waals surface area contributed by atoms with Crippen molar-refractivity contribution in [3.8, 4) is 5.75 Å². The van der Waals surface area contributed by atoms with Crippen molar-refractivity contribution in [2.45, 2.75) is 31.9 Å². The summed E-state index contributed by atoms with van der Waals surface area (Å²) in [6.45, 7) is 4.38. The summed E-state index contributed by atoms with van der Waals surface area (Å²) in [5.41, 5.74) is 3.27. The van der Waals surface area contributed by atoms with Gasteiger partial charge in [-0.1, -0.05) is 11.6 Å². The quantitative estimate of drug-likeness (QED) is 0.808. The van der Waals surface area contributed by atoms with Gasteiger partial charge in [0, 0.05) is 24.2 Å². The van der Waals surface area contributed by atoms with Crippen molar-refractivity contribution >= 4 is 10.9 Å². The zero-order valence-corrected chi connectivity index (χ0v) is 15.1. The largest absolute Gasteiger partial charge is 0.491 e. The Morgan fingerprint density at radius 1 is 1.38 bits per heavy atom. The summed E-state index contributed by atoms with van der Waals surface area (Å²) in [5.74, 6) is 1.29. The zero-order valence-electron chi connectivity index (χ0n) is 15.1. The molecule has 0 amide bonds. The lowest BCUT2D eigenvalue weighted by Gasteiger charge is -2.48. The first-order valence-corrected chi connectivity index (χ1v) is 9.40. The van der Waals surface area contributed by atoms with E-state index in [1.165, 1.54) is 12.0 Å². The molecule has 4 atom stereocenters. The van der Waals surface area contributed by atoms with Crippen LogP contribution in [0.25, 0.3) is 10.9 Å². The van der Waals surface area contributed by atoms with Gasteiger partial charge in [-0.3, -0.25) is 9.88 Å². The molecule has 3 fully saturated rings. The van der Waals surface area contributed by atoms with E-state index < -0.39 is 6.10 Å². The van der Waals surface area contributed by atoms with Crippen LogP contribution in [0, 0.1) is 5.92 Å². The van der Waals surface area contributed by atoms with Gasteiger partial charge in [-0.2, -0.15) is 0 Å². The topological polar surface area (TPSA) is 65.8 Å². The normalized spacial score (nSPS) is 27.8. The smallest absolute Gasteiger partial charge is 0.120 e. The molecule has 1 aromatic carbocycles. The molecule has 3 aliphatic rings. The molecule has 0 saturated carbocycles. The number of fused-ring (bicyclic) bond motifs is 4. The van der Waals surface area contributed by atoms with Crippen LogP contribution in [0.1, 0.15) is 31.4 Å². The van der Waals surface area contributed by atoms with Crippen molar-refractivity contribution in [2.75, 3.05) is 26.3 Å². The molecule has 3 saturated heterocycles. The van der Waals surface area contributed by atoms with Crippen LogP contribution in [0.3, 0.4) is 0 Å². The van der Waals surface area contributed by atoms with Gasteiger partial charge in [0.1, 0.15) is 12.4 Å². The zero-order chi connectivity index (χ0) is 18.1. The Balaban J connectivity index is 1.65. The molecule has 0 spiro atoms. The number of nitrogens with zero attached hydrogens (tertiary/aromatic N) is 2. The predicted octanol–water partition coefficient (Wildman–Crippen LogP) is 2.68. The number of ether oxygens (including phenoxy) is 1. The third kappa shape index (κ3) is 3.11. The molecule has 2 N–H and O–H groups in total. The second-order valence-electron chi connectivity index (χ2n) is 7.22. The lowest BCUT2D eigenvalue weighted by molar-refractivity contribution is -0.00340. The summed E-state index contributed by atoms with van der Waals surface area (Å²) in [4.78, 5) is 6.84. The highest BCUT2D eigenvalue weighted by Crippen LogP contribution is 2.41. The number of benzene rings is 1. The number of aromatic nitrogens is 1. The van der Waals surface area contributed by atoms with E-state index in [1.807, 2.05) is 24.3 Å². The van der Waals surface area contributed by atoms with Gasteiger partial charge in [0.25, 0.3) is 0 Å². The fourth-order valence-electron chi connectivity index (χ4n) is 4.46. The summed E-state index contributed by atoms with van der Waals surface area (Å²) >= 11 is 0. The number of hydrogen-bond donors (Lipinski definition) is 2. The van der Waals surface area contributed by atoms with Gasteiger partial charge in [-0.05, 0) is 62.1 Å². The molecule has 0 radical (unpaired) electrons. The van der Waals surface area contributed by atoms with E-state index in [0.717, 1.165) is 36.0 Å². The molecule has 5 heteroatoms. The van der Waals surface area contributed by atoms with Gasteiger partial charge in [0.15, 0.2) is 0 Å². The average molecular weight is 354 g/mol. The molecule has 5 rings (SSSR count).